The summed E-state index contributed by atoms with van der Waals surface area (Å²) in [5.74, 6) is -0.0533. The van der Waals surface area contributed by atoms with E-state index in [0.717, 1.165) is 25.7 Å². The predicted octanol–water partition coefficient (Wildman–Crippen LogP) is 0.263. The van der Waals surface area contributed by atoms with Gasteiger partial charge in [0.1, 0.15) is 0 Å². The zero-order valence-electron chi connectivity index (χ0n) is 10.3. The number of nitrogens with one attached hydrogen (secondary N) is 1. The van der Waals surface area contributed by atoms with Gasteiger partial charge >= 0.3 is 12.0 Å². The van der Waals surface area contributed by atoms with Gasteiger partial charge in [-0.15, -0.1) is 0 Å². The normalized spacial score (nSPS) is 20.3. The number of carboxylic acids is 1. The van der Waals surface area contributed by atoms with E-state index in [-0.39, 0.29) is 6.03 Å². The van der Waals surface area contributed by atoms with Gasteiger partial charge < -0.3 is 20.4 Å². The fraction of sp³-hybridized carbons (Fsp3) is 0.833. The Kier molecular flexibility index (Phi) is 4.06. The Morgan fingerprint density at radius 3 is 2.00 bits per heavy atom. The summed E-state index contributed by atoms with van der Waals surface area (Å²) in [7, 11) is 0. The lowest BCUT2D eigenvalue weighted by molar-refractivity contribution is -0.140. The first-order chi connectivity index (χ1) is 8.60. The summed E-state index contributed by atoms with van der Waals surface area (Å²) in [5, 5.41) is 20.1. The zero-order chi connectivity index (χ0) is 13.1. The number of amides is 2. The topological polar surface area (TPSA) is 89.9 Å². The van der Waals surface area contributed by atoms with Gasteiger partial charge in [-0.3, -0.25) is 0 Å². The smallest absolute Gasteiger partial charge is 0.328 e. The van der Waals surface area contributed by atoms with Crippen molar-refractivity contribution in [3.63, 3.8) is 0 Å². The third-order valence-corrected chi connectivity index (χ3v) is 3.42. The van der Waals surface area contributed by atoms with Crippen molar-refractivity contribution in [2.45, 2.75) is 31.7 Å². The molecule has 0 aromatic carbocycles. The van der Waals surface area contributed by atoms with Crippen LogP contribution in [0.5, 0.6) is 0 Å². The average Bonchev–Trinajstić information content (AvgIpc) is 3.18. The number of carboxylic acid groups (broad SMARTS) is 1. The van der Waals surface area contributed by atoms with Crippen LogP contribution < -0.4 is 5.32 Å². The molecule has 0 heterocycles. The summed E-state index contributed by atoms with van der Waals surface area (Å²) in [6, 6.07) is -1.58. The lowest BCUT2D eigenvalue weighted by Crippen LogP contribution is -2.50. The molecule has 6 heteroatoms. The van der Waals surface area contributed by atoms with Crippen molar-refractivity contribution < 1.29 is 19.8 Å². The Morgan fingerprint density at radius 2 is 1.67 bits per heavy atom. The van der Waals surface area contributed by atoms with Crippen molar-refractivity contribution in [2.24, 2.45) is 11.8 Å². The maximum absolute atomic E-state index is 12.0. The number of aliphatic hydroxyl groups excluding tert-OH is 1. The molecule has 102 valence electrons. The van der Waals surface area contributed by atoms with Crippen molar-refractivity contribution in [1.82, 2.24) is 10.2 Å². The Bertz CT molecular complexity index is 312. The maximum Gasteiger partial charge on any atom is 0.328 e. The van der Waals surface area contributed by atoms with Crippen LogP contribution >= 0.6 is 0 Å². The van der Waals surface area contributed by atoms with E-state index in [4.69, 9.17) is 10.2 Å². The second-order valence-electron chi connectivity index (χ2n) is 5.31. The molecule has 0 radical (unpaired) electrons. The van der Waals surface area contributed by atoms with Gasteiger partial charge in [0.25, 0.3) is 0 Å². The second kappa shape index (κ2) is 5.56. The van der Waals surface area contributed by atoms with Crippen LogP contribution in [0, 0.1) is 11.8 Å². The van der Waals surface area contributed by atoms with Crippen LogP contribution in [0.4, 0.5) is 4.79 Å². The number of rotatable bonds is 7. The maximum atomic E-state index is 12.0. The molecule has 2 fully saturated rings. The van der Waals surface area contributed by atoms with Crippen LogP contribution in [0.1, 0.15) is 25.7 Å². The molecule has 0 aliphatic heterocycles. The lowest BCUT2D eigenvalue weighted by Gasteiger charge is -2.24. The fourth-order valence-electron chi connectivity index (χ4n) is 1.89. The zero-order valence-corrected chi connectivity index (χ0v) is 10.3. The number of hydrogen-bond acceptors (Lipinski definition) is 3. The molecule has 0 aromatic rings. The number of carbonyl (C=O) groups excluding carboxylic acids is 1. The number of urea groups is 1. The van der Waals surface area contributed by atoms with E-state index in [0.29, 0.717) is 24.9 Å². The quantitative estimate of drug-likeness (QED) is 0.609. The summed E-state index contributed by atoms with van der Waals surface area (Å²) in [6.07, 6.45) is 4.60. The highest BCUT2D eigenvalue weighted by molar-refractivity contribution is 5.82. The summed E-state index contributed by atoms with van der Waals surface area (Å²) >= 11 is 0. The first kappa shape index (κ1) is 13.1. The molecule has 2 rings (SSSR count). The van der Waals surface area contributed by atoms with Gasteiger partial charge in [0.2, 0.25) is 0 Å². The molecule has 0 saturated heterocycles. The summed E-state index contributed by atoms with van der Waals surface area (Å²) in [5.41, 5.74) is 0. The van der Waals surface area contributed by atoms with Crippen LogP contribution in [-0.4, -0.2) is 52.9 Å². The molecule has 0 aromatic heterocycles. The standard InChI is InChI=1S/C12H20N2O4/c15-7-10(11(16)17)13-12(18)14(5-8-1-2-8)6-9-3-4-9/h8-10,15H,1-7H2,(H,13,18)(H,16,17)/t10-/m1/s1. The van der Waals surface area contributed by atoms with E-state index in [1.807, 2.05) is 0 Å². The van der Waals surface area contributed by atoms with Crippen LogP contribution in [-0.2, 0) is 4.79 Å². The second-order valence-corrected chi connectivity index (χ2v) is 5.31. The molecule has 6 nitrogen and oxygen atoms in total. The molecule has 18 heavy (non-hydrogen) atoms. The van der Waals surface area contributed by atoms with Crippen LogP contribution in [0.3, 0.4) is 0 Å². The SMILES string of the molecule is O=C(O)[C@@H](CO)NC(=O)N(CC1CC1)CC1CC1. The van der Waals surface area contributed by atoms with E-state index in [1.54, 1.807) is 4.90 Å². The Hall–Kier alpha value is -1.30. The van der Waals surface area contributed by atoms with Gasteiger partial charge in [0.05, 0.1) is 6.61 Å². The van der Waals surface area contributed by atoms with Gasteiger partial charge in [-0.2, -0.15) is 0 Å². The molecule has 2 aliphatic rings. The molecule has 0 bridgehead atoms. The number of aliphatic hydroxyl groups is 1. The van der Waals surface area contributed by atoms with Crippen LogP contribution in [0.2, 0.25) is 0 Å². The van der Waals surface area contributed by atoms with Crippen LogP contribution in [0.15, 0.2) is 0 Å². The molecule has 2 amide bonds. The third-order valence-electron chi connectivity index (χ3n) is 3.42. The fourth-order valence-corrected chi connectivity index (χ4v) is 1.89. The molecular weight excluding hydrogens is 236 g/mol. The van der Waals surface area contributed by atoms with Gasteiger partial charge in [0.15, 0.2) is 6.04 Å². The van der Waals surface area contributed by atoms with Crippen molar-refractivity contribution in [2.75, 3.05) is 19.7 Å². The van der Waals surface area contributed by atoms with Gasteiger partial charge in [-0.25, -0.2) is 9.59 Å². The Labute approximate surface area is 106 Å². The Balaban J connectivity index is 1.86. The van der Waals surface area contributed by atoms with Crippen molar-refractivity contribution in [1.29, 1.82) is 0 Å². The minimum Gasteiger partial charge on any atom is -0.480 e. The van der Waals surface area contributed by atoms with Crippen molar-refractivity contribution in [3.05, 3.63) is 0 Å². The molecule has 0 spiro atoms. The minimum atomic E-state index is -1.21. The van der Waals surface area contributed by atoms with Gasteiger partial charge in [0, 0.05) is 13.1 Å². The monoisotopic (exact) mass is 256 g/mol. The van der Waals surface area contributed by atoms with E-state index < -0.39 is 18.6 Å². The van der Waals surface area contributed by atoms with E-state index in [9.17, 15) is 9.59 Å². The highest BCUT2D eigenvalue weighted by Crippen LogP contribution is 2.33. The highest BCUT2D eigenvalue weighted by Gasteiger charge is 2.32. The first-order valence-corrected chi connectivity index (χ1v) is 6.49. The lowest BCUT2D eigenvalue weighted by atomic mass is 10.3. The van der Waals surface area contributed by atoms with Crippen molar-refractivity contribution in [3.8, 4) is 0 Å². The van der Waals surface area contributed by atoms with Gasteiger partial charge in [-0.1, -0.05) is 0 Å². The third kappa shape index (κ3) is 3.87. The summed E-state index contributed by atoms with van der Waals surface area (Å²) < 4.78 is 0. The van der Waals surface area contributed by atoms with E-state index in [1.165, 1.54) is 0 Å². The molecule has 2 saturated carbocycles. The Morgan fingerprint density at radius 1 is 1.17 bits per heavy atom. The number of hydrogen-bond donors (Lipinski definition) is 3. The molecule has 1 atom stereocenters. The summed E-state index contributed by atoms with van der Waals surface area (Å²) in [4.78, 5) is 24.5. The number of aliphatic carboxylic acids is 1. The highest BCUT2D eigenvalue weighted by atomic mass is 16.4. The van der Waals surface area contributed by atoms with E-state index in [2.05, 4.69) is 5.32 Å². The molecule has 0 unspecified atom stereocenters. The summed E-state index contributed by atoms with van der Waals surface area (Å²) in [6.45, 7) is 0.835. The average molecular weight is 256 g/mol. The first-order valence-electron chi connectivity index (χ1n) is 6.49. The van der Waals surface area contributed by atoms with Gasteiger partial charge in [-0.05, 0) is 37.5 Å². The number of carbonyl (C=O) groups is 2. The molecule has 2 aliphatic carbocycles. The minimum absolute atomic E-state index is 0.366. The van der Waals surface area contributed by atoms with E-state index >= 15 is 0 Å². The number of nitrogens with zero attached hydrogens (tertiary/aromatic N) is 1. The van der Waals surface area contributed by atoms with Crippen molar-refractivity contribution >= 4 is 12.0 Å². The molecular formula is C12H20N2O4. The predicted molar refractivity (Wildman–Crippen MR) is 64.1 cm³/mol. The van der Waals surface area contributed by atoms with Crippen LogP contribution in [0.25, 0.3) is 0 Å². The largest absolute Gasteiger partial charge is 0.480 e. The molecule has 3 N–H and O–H groups in total.